The van der Waals surface area contributed by atoms with Crippen LogP contribution in [-0.4, -0.2) is 41.4 Å². The molecule has 0 spiro atoms. The normalized spacial score (nSPS) is 18.6. The van der Waals surface area contributed by atoms with Gasteiger partial charge in [-0.2, -0.15) is 13.2 Å². The molecule has 0 saturated carbocycles. The van der Waals surface area contributed by atoms with E-state index in [1.165, 1.54) is 19.2 Å². The van der Waals surface area contributed by atoms with E-state index in [4.69, 9.17) is 9.84 Å². The van der Waals surface area contributed by atoms with E-state index in [1.54, 1.807) is 0 Å². The summed E-state index contributed by atoms with van der Waals surface area (Å²) in [7, 11) is 1.16. The van der Waals surface area contributed by atoms with Crippen molar-refractivity contribution in [1.29, 1.82) is 0 Å². The Morgan fingerprint density at radius 2 is 1.72 bits per heavy atom. The van der Waals surface area contributed by atoms with E-state index in [0.717, 1.165) is 7.11 Å². The fourth-order valence-electron chi connectivity index (χ4n) is 1.00. The van der Waals surface area contributed by atoms with Crippen LogP contribution in [0.4, 0.5) is 13.2 Å². The second-order valence-electron chi connectivity index (χ2n) is 4.17. The number of amides is 1. The van der Waals surface area contributed by atoms with Gasteiger partial charge in [0.1, 0.15) is 5.60 Å². The Labute approximate surface area is 102 Å². The van der Waals surface area contributed by atoms with Crippen molar-refractivity contribution in [3.8, 4) is 0 Å². The molecule has 0 rings (SSSR count). The highest BCUT2D eigenvalue weighted by Crippen LogP contribution is 2.31. The monoisotopic (exact) mass is 271 g/mol. The zero-order chi connectivity index (χ0) is 14.8. The van der Waals surface area contributed by atoms with Crippen LogP contribution < -0.4 is 5.32 Å². The summed E-state index contributed by atoms with van der Waals surface area (Å²) in [5.74, 6) is -3.31. The molecule has 18 heavy (non-hydrogen) atoms. The smallest absolute Gasteiger partial charge is 0.422 e. The molecule has 0 fully saturated rings. The predicted octanol–water partition coefficient (Wildman–Crippen LogP) is 1.32. The number of alkyl halides is 3. The van der Waals surface area contributed by atoms with Gasteiger partial charge < -0.3 is 15.2 Å². The summed E-state index contributed by atoms with van der Waals surface area (Å²) in [5, 5.41) is 10.1. The highest BCUT2D eigenvalue weighted by Gasteiger charge is 2.59. The number of nitrogens with one attached hydrogen (secondary N) is 1. The van der Waals surface area contributed by atoms with Gasteiger partial charge in [0.05, 0.1) is 0 Å². The Hall–Kier alpha value is -1.31. The number of hydrogen-bond donors (Lipinski definition) is 2. The molecule has 5 nitrogen and oxygen atoms in total. The maximum atomic E-state index is 12.7. The first-order valence-corrected chi connectivity index (χ1v) is 5.12. The number of halogens is 3. The molecule has 0 aliphatic carbocycles. The van der Waals surface area contributed by atoms with Gasteiger partial charge in [-0.1, -0.05) is 6.92 Å². The van der Waals surface area contributed by atoms with Crippen molar-refractivity contribution in [3.05, 3.63) is 0 Å². The van der Waals surface area contributed by atoms with Crippen LogP contribution in [0.5, 0.6) is 0 Å². The minimum absolute atomic E-state index is 0.100. The summed E-state index contributed by atoms with van der Waals surface area (Å²) >= 11 is 0. The maximum absolute atomic E-state index is 12.7. The number of carbonyl (C=O) groups is 2. The van der Waals surface area contributed by atoms with Gasteiger partial charge in [0.25, 0.3) is 5.91 Å². The first-order chi connectivity index (χ1) is 7.94. The van der Waals surface area contributed by atoms with Gasteiger partial charge in [-0.3, -0.25) is 4.79 Å². The number of carboxylic acid groups (broad SMARTS) is 1. The molecule has 0 aromatic carbocycles. The Morgan fingerprint density at radius 1 is 1.28 bits per heavy atom. The van der Waals surface area contributed by atoms with Crippen molar-refractivity contribution in [2.75, 3.05) is 7.11 Å². The number of rotatable bonds is 5. The summed E-state index contributed by atoms with van der Waals surface area (Å²) in [4.78, 5) is 22.4. The second kappa shape index (κ2) is 5.13. The molecule has 0 aromatic rings. The Balaban J connectivity index is 5.28. The van der Waals surface area contributed by atoms with Crippen molar-refractivity contribution in [2.24, 2.45) is 0 Å². The van der Waals surface area contributed by atoms with Gasteiger partial charge in [0.15, 0.2) is 0 Å². The lowest BCUT2D eigenvalue weighted by Crippen LogP contribution is -2.65. The molecule has 0 aliphatic rings. The third-order valence-electron chi connectivity index (χ3n) is 2.96. The number of hydrogen-bond acceptors (Lipinski definition) is 3. The third-order valence-corrected chi connectivity index (χ3v) is 2.96. The molecule has 8 heteroatoms. The predicted molar refractivity (Wildman–Crippen MR) is 55.9 cm³/mol. The van der Waals surface area contributed by atoms with E-state index in [9.17, 15) is 22.8 Å². The maximum Gasteiger partial charge on any atom is 0.422 e. The summed E-state index contributed by atoms with van der Waals surface area (Å²) in [6, 6.07) is 0. The zero-order valence-electron chi connectivity index (χ0n) is 10.5. The van der Waals surface area contributed by atoms with Crippen LogP contribution in [0.25, 0.3) is 0 Å². The molecule has 0 radical (unpaired) electrons. The van der Waals surface area contributed by atoms with Crippen LogP contribution in [0.1, 0.15) is 27.2 Å². The number of aliphatic carboxylic acids is 1. The molecule has 1 amide bonds. The van der Waals surface area contributed by atoms with Gasteiger partial charge in [-0.05, 0) is 20.3 Å². The summed E-state index contributed by atoms with van der Waals surface area (Å²) in [6.45, 7) is 3.20. The van der Waals surface area contributed by atoms with E-state index >= 15 is 0 Å². The highest BCUT2D eigenvalue weighted by atomic mass is 19.4. The molecule has 0 heterocycles. The van der Waals surface area contributed by atoms with E-state index in [1.807, 2.05) is 0 Å². The van der Waals surface area contributed by atoms with E-state index in [2.05, 4.69) is 0 Å². The van der Waals surface area contributed by atoms with Gasteiger partial charge >= 0.3 is 12.1 Å². The Morgan fingerprint density at radius 3 is 1.94 bits per heavy atom. The van der Waals surface area contributed by atoms with Crippen molar-refractivity contribution < 1.29 is 32.6 Å². The van der Waals surface area contributed by atoms with Crippen LogP contribution in [-0.2, 0) is 14.3 Å². The number of methoxy groups -OCH3 is 1. The molecule has 2 unspecified atom stereocenters. The van der Waals surface area contributed by atoms with Crippen LogP contribution in [0.3, 0.4) is 0 Å². The van der Waals surface area contributed by atoms with Gasteiger partial charge in [0, 0.05) is 7.11 Å². The zero-order valence-corrected chi connectivity index (χ0v) is 10.5. The standard InChI is InChI=1S/C10H16F3NO4/c1-5-8(2,18-4)6(15)14-9(3,7(16)17)10(11,12)13/h5H2,1-4H3,(H,14,15)(H,16,17). The fourth-order valence-corrected chi connectivity index (χ4v) is 1.00. The molecule has 2 N–H and O–H groups in total. The lowest BCUT2D eigenvalue weighted by Gasteiger charge is -2.33. The number of carboxylic acids is 1. The lowest BCUT2D eigenvalue weighted by atomic mass is 9.97. The molecular formula is C10H16F3NO4. The first-order valence-electron chi connectivity index (χ1n) is 5.12. The quantitative estimate of drug-likeness (QED) is 0.790. The van der Waals surface area contributed by atoms with Crippen LogP contribution in [0, 0.1) is 0 Å². The van der Waals surface area contributed by atoms with E-state index in [0.29, 0.717) is 6.92 Å². The lowest BCUT2D eigenvalue weighted by molar-refractivity contribution is -0.209. The number of ether oxygens (including phenoxy) is 1. The average Bonchev–Trinajstić information content (AvgIpc) is 2.25. The largest absolute Gasteiger partial charge is 0.479 e. The number of carbonyl (C=O) groups excluding carboxylic acids is 1. The van der Waals surface area contributed by atoms with E-state index in [-0.39, 0.29) is 6.42 Å². The first kappa shape index (κ1) is 16.7. The second-order valence-corrected chi connectivity index (χ2v) is 4.17. The fraction of sp³-hybridized carbons (Fsp3) is 0.800. The van der Waals surface area contributed by atoms with Crippen LogP contribution in [0.15, 0.2) is 0 Å². The molecule has 0 saturated heterocycles. The molecule has 0 aromatic heterocycles. The molecule has 0 aliphatic heterocycles. The van der Waals surface area contributed by atoms with Crippen molar-refractivity contribution in [3.63, 3.8) is 0 Å². The van der Waals surface area contributed by atoms with Crippen molar-refractivity contribution >= 4 is 11.9 Å². The minimum Gasteiger partial charge on any atom is -0.479 e. The minimum atomic E-state index is -5.11. The third kappa shape index (κ3) is 2.92. The summed E-state index contributed by atoms with van der Waals surface area (Å²) in [6.07, 6.45) is -5.01. The molecular weight excluding hydrogens is 255 g/mol. The van der Waals surface area contributed by atoms with Gasteiger partial charge in [-0.25, -0.2) is 4.79 Å². The topological polar surface area (TPSA) is 75.6 Å². The Kier molecular flexibility index (Phi) is 4.76. The summed E-state index contributed by atoms with van der Waals surface area (Å²) in [5.41, 5.74) is -4.86. The highest BCUT2D eigenvalue weighted by molar-refractivity contribution is 5.91. The molecule has 2 atom stereocenters. The van der Waals surface area contributed by atoms with Gasteiger partial charge in [0.2, 0.25) is 5.54 Å². The molecule has 0 bridgehead atoms. The van der Waals surface area contributed by atoms with Crippen LogP contribution >= 0.6 is 0 Å². The summed E-state index contributed by atoms with van der Waals surface area (Å²) < 4.78 is 42.8. The average molecular weight is 271 g/mol. The SMILES string of the molecule is CCC(C)(OC)C(=O)NC(C)(C(=O)O)C(F)(F)F. The van der Waals surface area contributed by atoms with Crippen molar-refractivity contribution in [1.82, 2.24) is 5.32 Å². The van der Waals surface area contributed by atoms with Crippen molar-refractivity contribution in [2.45, 2.75) is 44.5 Å². The van der Waals surface area contributed by atoms with Crippen LogP contribution in [0.2, 0.25) is 0 Å². The Bertz CT molecular complexity index is 339. The molecule has 106 valence electrons. The van der Waals surface area contributed by atoms with Gasteiger partial charge in [-0.15, -0.1) is 0 Å². The van der Waals surface area contributed by atoms with E-state index < -0.39 is 29.2 Å².